The molecule has 1 saturated heterocycles. The van der Waals surface area contributed by atoms with Crippen molar-refractivity contribution in [3.63, 3.8) is 0 Å². The maximum Gasteiger partial charge on any atom is 0.408 e. The van der Waals surface area contributed by atoms with Crippen LogP contribution in [-0.2, 0) is 41.4 Å². The van der Waals surface area contributed by atoms with Gasteiger partial charge >= 0.3 is 18.3 Å². The molecular formula is C42H62N6O9. The Morgan fingerprint density at radius 2 is 0.965 bits per heavy atom. The Hall–Kier alpha value is -5.34. The number of alkyl carbamates (subject to hydrolysis) is 3. The quantitative estimate of drug-likeness (QED) is 0.209. The van der Waals surface area contributed by atoms with Crippen molar-refractivity contribution in [2.45, 2.75) is 123 Å². The number of carbonyl (C=O) groups excluding carboxylic acids is 6. The van der Waals surface area contributed by atoms with Gasteiger partial charge in [0.2, 0.25) is 17.7 Å². The fourth-order valence-corrected chi connectivity index (χ4v) is 6.02. The van der Waals surface area contributed by atoms with Crippen molar-refractivity contribution in [1.82, 2.24) is 31.1 Å². The lowest BCUT2D eigenvalue weighted by Crippen LogP contribution is -2.55. The van der Waals surface area contributed by atoms with Gasteiger partial charge in [-0.15, -0.1) is 0 Å². The van der Waals surface area contributed by atoms with Crippen molar-refractivity contribution < 1.29 is 43.0 Å². The van der Waals surface area contributed by atoms with Crippen molar-refractivity contribution >= 4 is 36.0 Å². The van der Waals surface area contributed by atoms with Gasteiger partial charge in [-0.1, -0.05) is 60.7 Å². The second-order valence-corrected chi connectivity index (χ2v) is 17.1. The molecule has 0 aromatic heterocycles. The summed E-state index contributed by atoms with van der Waals surface area (Å²) in [5, 5.41) is 10.8. The fraction of sp³-hybridized carbons (Fsp3) is 0.571. The maximum absolute atomic E-state index is 14.4. The Balaban J connectivity index is 1.91. The first-order valence-electron chi connectivity index (χ1n) is 19.5. The van der Waals surface area contributed by atoms with Crippen LogP contribution in [0.3, 0.4) is 0 Å². The molecule has 0 radical (unpaired) electrons. The van der Waals surface area contributed by atoms with Crippen LogP contribution in [0, 0.1) is 0 Å². The molecule has 0 unspecified atom stereocenters. The van der Waals surface area contributed by atoms with E-state index in [1.54, 1.807) is 62.3 Å². The summed E-state index contributed by atoms with van der Waals surface area (Å²) in [5.74, 6) is -1.43. The largest absolute Gasteiger partial charge is 0.444 e. The first kappa shape index (κ1) is 46.0. The van der Waals surface area contributed by atoms with Gasteiger partial charge in [-0.25, -0.2) is 14.4 Å². The molecule has 0 bridgehead atoms. The highest BCUT2D eigenvalue weighted by atomic mass is 16.6. The van der Waals surface area contributed by atoms with E-state index >= 15 is 0 Å². The van der Waals surface area contributed by atoms with Crippen LogP contribution in [0.15, 0.2) is 60.7 Å². The van der Waals surface area contributed by atoms with Crippen LogP contribution in [-0.4, -0.2) is 113 Å². The van der Waals surface area contributed by atoms with Gasteiger partial charge in [0.15, 0.2) is 0 Å². The summed E-state index contributed by atoms with van der Waals surface area (Å²) < 4.78 is 16.3. The zero-order chi connectivity index (χ0) is 42.4. The molecule has 0 aliphatic carbocycles. The third kappa shape index (κ3) is 18.0. The summed E-state index contributed by atoms with van der Waals surface area (Å²) in [6.45, 7) is 15.1. The Morgan fingerprint density at radius 3 is 1.33 bits per heavy atom. The van der Waals surface area contributed by atoms with Gasteiger partial charge in [-0.05, 0) is 99.1 Å². The van der Waals surface area contributed by atoms with Gasteiger partial charge in [0, 0.05) is 26.2 Å². The SMILES string of the molecule is CC(C)(C)OC(=O)NCC(=O)NC1CN(C(=O)[C@H](CCc2ccccc2)NC(=O)OC(C)(C)C)CCN(C(=O)[C@H](CCc2ccccc2)NC(=O)OC(C)(C)C)C1. The molecule has 1 heterocycles. The van der Waals surface area contributed by atoms with Crippen LogP contribution in [0.1, 0.15) is 86.3 Å². The summed E-state index contributed by atoms with van der Waals surface area (Å²) in [6, 6.07) is 16.3. The zero-order valence-corrected chi connectivity index (χ0v) is 34.9. The molecule has 0 saturated carbocycles. The van der Waals surface area contributed by atoms with Crippen molar-refractivity contribution in [3.8, 4) is 0 Å². The molecule has 0 spiro atoms. The van der Waals surface area contributed by atoms with Gasteiger partial charge in [-0.2, -0.15) is 0 Å². The molecule has 15 nitrogen and oxygen atoms in total. The summed E-state index contributed by atoms with van der Waals surface area (Å²) in [7, 11) is 0. The Kier molecular flexibility index (Phi) is 16.7. The minimum absolute atomic E-state index is 0.0210. The number of aryl methyl sites for hydroxylation is 2. The number of nitrogens with zero attached hydrogens (tertiary/aromatic N) is 2. The van der Waals surface area contributed by atoms with Crippen LogP contribution in [0.2, 0.25) is 0 Å². The number of ether oxygens (including phenoxy) is 3. The lowest BCUT2D eigenvalue weighted by atomic mass is 10.0. The third-order valence-corrected chi connectivity index (χ3v) is 8.41. The Bertz CT molecular complexity index is 1550. The molecule has 1 fully saturated rings. The monoisotopic (exact) mass is 794 g/mol. The number of carbonyl (C=O) groups is 6. The predicted octanol–water partition coefficient (Wildman–Crippen LogP) is 4.72. The third-order valence-electron chi connectivity index (χ3n) is 8.41. The number of hydrogen-bond donors (Lipinski definition) is 4. The van der Waals surface area contributed by atoms with Gasteiger partial charge in [0.05, 0.1) is 6.04 Å². The van der Waals surface area contributed by atoms with Crippen LogP contribution in [0.5, 0.6) is 0 Å². The van der Waals surface area contributed by atoms with Crippen molar-refractivity contribution in [3.05, 3.63) is 71.8 Å². The lowest BCUT2D eigenvalue weighted by molar-refractivity contribution is -0.135. The number of amides is 6. The second kappa shape index (κ2) is 20.7. The molecular weight excluding hydrogens is 732 g/mol. The molecule has 4 N–H and O–H groups in total. The van der Waals surface area contributed by atoms with E-state index in [1.807, 2.05) is 60.7 Å². The standard InChI is InChI=1S/C42H62N6O9/c1-40(2,3)55-37(52)43-26-34(49)44-31-27-47(35(50)32(45-38(53)56-41(4,5)6)22-20-29-16-12-10-13-17-29)24-25-48(28-31)36(51)33(46-39(54)57-42(7,8)9)23-21-30-18-14-11-15-19-30/h10-19,31-33H,20-28H2,1-9H3,(H,43,52)(H,44,49)(H,45,53)(H,46,54)/t32-,33-/m0/s1. The minimum Gasteiger partial charge on any atom is -0.444 e. The second-order valence-electron chi connectivity index (χ2n) is 17.1. The minimum atomic E-state index is -1.00. The van der Waals surface area contributed by atoms with Crippen LogP contribution < -0.4 is 21.3 Å². The highest BCUT2D eigenvalue weighted by Crippen LogP contribution is 2.16. The first-order chi connectivity index (χ1) is 26.6. The Labute approximate surface area is 336 Å². The van der Waals surface area contributed by atoms with Crippen molar-refractivity contribution in [1.29, 1.82) is 0 Å². The molecule has 6 amide bonds. The molecule has 57 heavy (non-hydrogen) atoms. The number of nitrogens with one attached hydrogen (secondary N) is 4. The predicted molar refractivity (Wildman–Crippen MR) is 215 cm³/mol. The summed E-state index contributed by atoms with van der Waals surface area (Å²) in [4.78, 5) is 83.4. The molecule has 1 aliphatic rings. The molecule has 2 aromatic rings. The molecule has 314 valence electrons. The van der Waals surface area contributed by atoms with E-state index < -0.39 is 77.5 Å². The van der Waals surface area contributed by atoms with Crippen LogP contribution >= 0.6 is 0 Å². The van der Waals surface area contributed by atoms with E-state index in [0.29, 0.717) is 12.8 Å². The van der Waals surface area contributed by atoms with Gasteiger partial charge < -0.3 is 45.3 Å². The highest BCUT2D eigenvalue weighted by Gasteiger charge is 2.36. The molecule has 15 heteroatoms. The van der Waals surface area contributed by atoms with Gasteiger partial charge in [-0.3, -0.25) is 14.4 Å². The van der Waals surface area contributed by atoms with Crippen LogP contribution in [0.4, 0.5) is 14.4 Å². The van der Waals surface area contributed by atoms with E-state index in [-0.39, 0.29) is 39.0 Å². The summed E-state index contributed by atoms with van der Waals surface area (Å²) in [5.41, 5.74) is -0.467. The average Bonchev–Trinajstić information content (AvgIpc) is 3.31. The van der Waals surface area contributed by atoms with E-state index in [4.69, 9.17) is 14.2 Å². The molecule has 3 rings (SSSR count). The van der Waals surface area contributed by atoms with Crippen molar-refractivity contribution in [2.24, 2.45) is 0 Å². The normalized spacial score (nSPS) is 15.0. The van der Waals surface area contributed by atoms with Gasteiger partial charge in [0.1, 0.15) is 35.4 Å². The van der Waals surface area contributed by atoms with E-state index in [9.17, 15) is 28.8 Å². The van der Waals surface area contributed by atoms with E-state index in [0.717, 1.165) is 11.1 Å². The zero-order valence-electron chi connectivity index (χ0n) is 34.9. The Morgan fingerprint density at radius 1 is 0.596 bits per heavy atom. The number of rotatable bonds is 13. The van der Waals surface area contributed by atoms with Gasteiger partial charge in [0.25, 0.3) is 0 Å². The molecule has 2 aromatic carbocycles. The first-order valence-corrected chi connectivity index (χ1v) is 19.5. The maximum atomic E-state index is 14.4. The lowest BCUT2D eigenvalue weighted by Gasteiger charge is -2.30. The average molecular weight is 795 g/mol. The van der Waals surface area contributed by atoms with E-state index in [2.05, 4.69) is 21.3 Å². The topological polar surface area (TPSA) is 185 Å². The summed E-state index contributed by atoms with van der Waals surface area (Å²) >= 11 is 0. The summed E-state index contributed by atoms with van der Waals surface area (Å²) in [6.07, 6.45) is -0.848. The molecule has 1 aliphatic heterocycles. The van der Waals surface area contributed by atoms with Crippen LogP contribution in [0.25, 0.3) is 0 Å². The number of benzene rings is 2. The van der Waals surface area contributed by atoms with E-state index in [1.165, 1.54) is 9.80 Å². The molecule has 2 atom stereocenters. The van der Waals surface area contributed by atoms with Crippen molar-refractivity contribution in [2.75, 3.05) is 32.7 Å². The fourth-order valence-electron chi connectivity index (χ4n) is 6.02. The number of hydrogen-bond acceptors (Lipinski definition) is 9. The smallest absolute Gasteiger partial charge is 0.408 e. The highest BCUT2D eigenvalue weighted by molar-refractivity contribution is 5.88.